The summed E-state index contributed by atoms with van der Waals surface area (Å²) in [5.74, 6) is -0.742. The number of ether oxygens (including phenoxy) is 2. The quantitative estimate of drug-likeness (QED) is 0.722. The molecular weight excluding hydrogens is 288 g/mol. The Bertz CT molecular complexity index is 426. The molecule has 126 valence electrons. The molecule has 0 heterocycles. The first-order valence-electron chi connectivity index (χ1n) is 7.55. The Kier molecular flexibility index (Phi) is 6.20. The van der Waals surface area contributed by atoms with Crippen molar-refractivity contribution in [2.24, 2.45) is 5.92 Å². The molecule has 22 heavy (non-hydrogen) atoms. The number of hydrogen-bond donors (Lipinski definition) is 2. The minimum absolute atomic E-state index is 0.121. The van der Waals surface area contributed by atoms with Gasteiger partial charge in [0.15, 0.2) is 0 Å². The molecule has 2 amide bonds. The second kappa shape index (κ2) is 7.47. The number of methoxy groups -OCH3 is 1. The number of amides is 2. The molecule has 0 radical (unpaired) electrons. The SMILES string of the molecule is CCC(NC(=O)OC(C)(C)C)C(=O)NC(C(=O)OC)C1CC1. The molecule has 1 aliphatic rings. The maximum absolute atomic E-state index is 12.2. The Morgan fingerprint density at radius 1 is 1.18 bits per heavy atom. The first-order valence-corrected chi connectivity index (χ1v) is 7.55. The lowest BCUT2D eigenvalue weighted by molar-refractivity contribution is -0.146. The summed E-state index contributed by atoms with van der Waals surface area (Å²) in [6.07, 6.45) is 1.51. The number of nitrogens with one attached hydrogen (secondary N) is 2. The maximum Gasteiger partial charge on any atom is 0.408 e. The zero-order valence-corrected chi connectivity index (χ0v) is 13.9. The van der Waals surface area contributed by atoms with Crippen molar-refractivity contribution in [3.8, 4) is 0 Å². The van der Waals surface area contributed by atoms with Gasteiger partial charge in [-0.15, -0.1) is 0 Å². The second-order valence-corrected chi connectivity index (χ2v) is 6.45. The molecule has 0 saturated heterocycles. The molecular formula is C15H26N2O5. The third kappa shape index (κ3) is 5.91. The predicted molar refractivity (Wildman–Crippen MR) is 80.1 cm³/mol. The lowest BCUT2D eigenvalue weighted by Gasteiger charge is -2.24. The predicted octanol–water partition coefficient (Wildman–Crippen LogP) is 1.36. The van der Waals surface area contributed by atoms with E-state index in [4.69, 9.17) is 9.47 Å². The highest BCUT2D eigenvalue weighted by Crippen LogP contribution is 2.33. The number of alkyl carbamates (subject to hydrolysis) is 1. The monoisotopic (exact) mass is 314 g/mol. The molecule has 1 saturated carbocycles. The number of esters is 1. The Hall–Kier alpha value is -1.79. The van der Waals surface area contributed by atoms with Crippen molar-refractivity contribution in [3.05, 3.63) is 0 Å². The average molecular weight is 314 g/mol. The highest BCUT2D eigenvalue weighted by Gasteiger charge is 2.39. The van der Waals surface area contributed by atoms with Crippen LogP contribution in [0.4, 0.5) is 4.79 Å². The molecule has 0 spiro atoms. The average Bonchev–Trinajstić information content (AvgIpc) is 3.23. The second-order valence-electron chi connectivity index (χ2n) is 6.45. The third-order valence-corrected chi connectivity index (χ3v) is 3.26. The van der Waals surface area contributed by atoms with Gasteiger partial charge in [-0.3, -0.25) is 4.79 Å². The third-order valence-electron chi connectivity index (χ3n) is 3.26. The van der Waals surface area contributed by atoms with Gasteiger partial charge in [-0.2, -0.15) is 0 Å². The molecule has 0 aromatic carbocycles. The summed E-state index contributed by atoms with van der Waals surface area (Å²) in [5, 5.41) is 5.18. The lowest BCUT2D eigenvalue weighted by atomic mass is 10.1. The van der Waals surface area contributed by atoms with Gasteiger partial charge in [-0.25, -0.2) is 9.59 Å². The highest BCUT2D eigenvalue weighted by atomic mass is 16.6. The van der Waals surface area contributed by atoms with E-state index in [2.05, 4.69) is 10.6 Å². The van der Waals surface area contributed by atoms with Crippen LogP contribution in [-0.2, 0) is 19.1 Å². The smallest absolute Gasteiger partial charge is 0.408 e. The van der Waals surface area contributed by atoms with Gasteiger partial charge in [0.2, 0.25) is 5.91 Å². The normalized spacial score (nSPS) is 17.1. The van der Waals surface area contributed by atoms with Gasteiger partial charge in [0.1, 0.15) is 17.7 Å². The summed E-state index contributed by atoms with van der Waals surface area (Å²) >= 11 is 0. The molecule has 2 N–H and O–H groups in total. The number of rotatable bonds is 6. The summed E-state index contributed by atoms with van der Waals surface area (Å²) < 4.78 is 9.84. The fourth-order valence-electron chi connectivity index (χ4n) is 1.98. The van der Waals surface area contributed by atoms with Gasteiger partial charge in [0, 0.05) is 0 Å². The van der Waals surface area contributed by atoms with E-state index in [1.807, 2.05) is 0 Å². The Labute approximate surface area is 131 Å². The largest absolute Gasteiger partial charge is 0.467 e. The lowest BCUT2D eigenvalue weighted by Crippen LogP contribution is -2.52. The van der Waals surface area contributed by atoms with Gasteiger partial charge in [0.25, 0.3) is 0 Å². The van der Waals surface area contributed by atoms with Gasteiger partial charge >= 0.3 is 12.1 Å². The van der Waals surface area contributed by atoms with Crippen LogP contribution in [-0.4, -0.2) is 42.8 Å². The molecule has 7 heteroatoms. The van der Waals surface area contributed by atoms with E-state index in [1.54, 1.807) is 27.7 Å². The fraction of sp³-hybridized carbons (Fsp3) is 0.800. The summed E-state index contributed by atoms with van der Waals surface area (Å²) in [4.78, 5) is 35.7. The van der Waals surface area contributed by atoms with Gasteiger partial charge in [-0.05, 0) is 46.0 Å². The van der Waals surface area contributed by atoms with E-state index < -0.39 is 35.7 Å². The zero-order chi connectivity index (χ0) is 16.9. The standard InChI is InChI=1S/C15H26N2O5/c1-6-10(16-14(20)22-15(2,3)4)12(18)17-11(9-7-8-9)13(19)21-5/h9-11H,6-8H2,1-5H3,(H,16,20)(H,17,18). The molecule has 2 atom stereocenters. The van der Waals surface area contributed by atoms with Crippen LogP contribution in [0.15, 0.2) is 0 Å². The van der Waals surface area contributed by atoms with Crippen molar-refractivity contribution in [2.45, 2.75) is 64.6 Å². The van der Waals surface area contributed by atoms with E-state index in [1.165, 1.54) is 7.11 Å². The minimum Gasteiger partial charge on any atom is -0.467 e. The maximum atomic E-state index is 12.2. The number of carbonyl (C=O) groups excluding carboxylic acids is 3. The first kappa shape index (κ1) is 18.3. The van der Waals surface area contributed by atoms with E-state index in [9.17, 15) is 14.4 Å². The molecule has 0 bridgehead atoms. The van der Waals surface area contributed by atoms with Crippen molar-refractivity contribution in [1.82, 2.24) is 10.6 Å². The topological polar surface area (TPSA) is 93.7 Å². The summed E-state index contributed by atoms with van der Waals surface area (Å²) in [5.41, 5.74) is -0.637. The van der Waals surface area contributed by atoms with Crippen LogP contribution in [0.2, 0.25) is 0 Å². The van der Waals surface area contributed by atoms with Gasteiger partial charge in [-0.1, -0.05) is 6.92 Å². The van der Waals surface area contributed by atoms with Crippen LogP contribution in [0.1, 0.15) is 47.0 Å². The minimum atomic E-state index is -0.749. The van der Waals surface area contributed by atoms with Crippen molar-refractivity contribution in [3.63, 3.8) is 0 Å². The molecule has 7 nitrogen and oxygen atoms in total. The number of carbonyl (C=O) groups is 3. The Morgan fingerprint density at radius 2 is 1.77 bits per heavy atom. The molecule has 1 aliphatic carbocycles. The summed E-state index contributed by atoms with van der Waals surface area (Å²) in [7, 11) is 1.29. The van der Waals surface area contributed by atoms with Crippen LogP contribution in [0.3, 0.4) is 0 Å². The fourth-order valence-corrected chi connectivity index (χ4v) is 1.98. The Balaban J connectivity index is 2.59. The van der Waals surface area contributed by atoms with E-state index >= 15 is 0 Å². The van der Waals surface area contributed by atoms with E-state index in [0.717, 1.165) is 12.8 Å². The van der Waals surface area contributed by atoms with Crippen LogP contribution in [0, 0.1) is 5.92 Å². The van der Waals surface area contributed by atoms with Gasteiger partial charge < -0.3 is 20.1 Å². The van der Waals surface area contributed by atoms with Crippen molar-refractivity contribution < 1.29 is 23.9 Å². The van der Waals surface area contributed by atoms with Crippen LogP contribution < -0.4 is 10.6 Å². The molecule has 0 aromatic rings. The molecule has 0 aliphatic heterocycles. The first-order chi connectivity index (χ1) is 10.2. The van der Waals surface area contributed by atoms with Crippen molar-refractivity contribution in [2.75, 3.05) is 7.11 Å². The summed E-state index contributed by atoms with van der Waals surface area (Å²) in [6, 6.07) is -1.40. The van der Waals surface area contributed by atoms with E-state index in [-0.39, 0.29) is 5.92 Å². The number of hydrogen-bond acceptors (Lipinski definition) is 5. The Morgan fingerprint density at radius 3 is 2.18 bits per heavy atom. The van der Waals surface area contributed by atoms with Crippen molar-refractivity contribution in [1.29, 1.82) is 0 Å². The van der Waals surface area contributed by atoms with E-state index in [0.29, 0.717) is 6.42 Å². The van der Waals surface area contributed by atoms with Crippen molar-refractivity contribution >= 4 is 18.0 Å². The molecule has 1 fully saturated rings. The summed E-state index contributed by atoms with van der Waals surface area (Å²) in [6.45, 7) is 7.00. The van der Waals surface area contributed by atoms with Crippen LogP contribution in [0.25, 0.3) is 0 Å². The van der Waals surface area contributed by atoms with Gasteiger partial charge in [0.05, 0.1) is 7.11 Å². The zero-order valence-electron chi connectivity index (χ0n) is 13.9. The molecule has 1 rings (SSSR count). The van der Waals surface area contributed by atoms with Crippen LogP contribution >= 0.6 is 0 Å². The molecule has 0 aromatic heterocycles. The highest BCUT2D eigenvalue weighted by molar-refractivity contribution is 5.89. The molecule has 2 unspecified atom stereocenters. The van der Waals surface area contributed by atoms with Crippen LogP contribution in [0.5, 0.6) is 0 Å².